The fourth-order valence-electron chi connectivity index (χ4n) is 9.58. The Morgan fingerprint density at radius 1 is 0.373 bits per heavy atom. The van der Waals surface area contributed by atoms with E-state index >= 15 is 0 Å². The van der Waals surface area contributed by atoms with Crippen LogP contribution in [0, 0.1) is 0 Å². The first-order valence-electron chi connectivity index (χ1n) is 34.4. The molecule has 0 aromatic heterocycles. The van der Waals surface area contributed by atoms with Gasteiger partial charge in [0.1, 0.15) is 13.2 Å². The molecule has 2 atom stereocenters. The lowest BCUT2D eigenvalue weighted by Gasteiger charge is -2.25. The fourth-order valence-corrected chi connectivity index (χ4v) is 9.58. The third kappa shape index (κ3) is 65.6. The maximum Gasteiger partial charge on any atom is 0.361 e. The highest BCUT2D eigenvalue weighted by Crippen LogP contribution is 2.17. The summed E-state index contributed by atoms with van der Waals surface area (Å²) in [5.74, 6) is -2.01. The van der Waals surface area contributed by atoms with E-state index in [4.69, 9.17) is 18.9 Å². The summed E-state index contributed by atoms with van der Waals surface area (Å²) in [4.78, 5) is 37.6. The molecule has 0 aliphatic heterocycles. The Morgan fingerprint density at radius 3 is 1.02 bits per heavy atom. The van der Waals surface area contributed by atoms with Crippen molar-refractivity contribution in [3.63, 3.8) is 0 Å². The Morgan fingerprint density at radius 2 is 0.687 bits per heavy atom. The first kappa shape index (κ1) is 79.2. The molecule has 0 aliphatic rings. The quantitative estimate of drug-likeness (QED) is 0.0211. The third-order valence-corrected chi connectivity index (χ3v) is 14.8. The maximum absolute atomic E-state index is 12.9. The molecule has 0 fully saturated rings. The van der Waals surface area contributed by atoms with Crippen molar-refractivity contribution in [2.45, 2.75) is 309 Å². The summed E-state index contributed by atoms with van der Waals surface area (Å²) in [7, 11) is 5.97. The number of ether oxygens (including phenoxy) is 4. The SMILES string of the molecule is CC/C=C\C/C=C\C/C=C\C/C=C\C/C=C\CCCCCCCCCCCCCCCCCCCCCCCC(=O)OC(COC(=O)CCCCCCCC/C=C\C/C=C\C/C=C\CCCCCCC)COC(OCC[N+](C)(C)C)C(=O)O. The number of quaternary nitrogens is 1. The number of allylic oxidation sites excluding steroid dienone is 16. The zero-order valence-corrected chi connectivity index (χ0v) is 54.6. The minimum absolute atomic E-state index is 0.183. The molecular formula is C74H130NO8+. The topological polar surface area (TPSA) is 108 Å². The van der Waals surface area contributed by atoms with E-state index < -0.39 is 24.3 Å². The highest BCUT2D eigenvalue weighted by molar-refractivity contribution is 5.71. The van der Waals surface area contributed by atoms with Crippen LogP contribution in [0.2, 0.25) is 0 Å². The van der Waals surface area contributed by atoms with Gasteiger partial charge in [0.25, 0.3) is 6.29 Å². The zero-order chi connectivity index (χ0) is 60.5. The van der Waals surface area contributed by atoms with Crippen molar-refractivity contribution in [3.05, 3.63) is 97.2 Å². The first-order valence-corrected chi connectivity index (χ1v) is 34.4. The van der Waals surface area contributed by atoms with Gasteiger partial charge in [-0.3, -0.25) is 9.59 Å². The van der Waals surface area contributed by atoms with Gasteiger partial charge in [0, 0.05) is 12.8 Å². The molecule has 0 amide bonds. The molecule has 0 saturated carbocycles. The van der Waals surface area contributed by atoms with Crippen LogP contribution in [0.4, 0.5) is 0 Å². The van der Waals surface area contributed by atoms with E-state index in [1.807, 2.05) is 21.1 Å². The molecular weight excluding hydrogens is 1030 g/mol. The molecule has 0 heterocycles. The van der Waals surface area contributed by atoms with Crippen molar-refractivity contribution >= 4 is 17.9 Å². The van der Waals surface area contributed by atoms with Gasteiger partial charge in [-0.2, -0.15) is 0 Å². The van der Waals surface area contributed by atoms with Crippen molar-refractivity contribution in [1.29, 1.82) is 0 Å². The molecule has 2 unspecified atom stereocenters. The number of carboxylic acids is 1. The molecule has 9 heteroatoms. The van der Waals surface area contributed by atoms with E-state index in [2.05, 4.69) is 111 Å². The summed E-state index contributed by atoms with van der Waals surface area (Å²) >= 11 is 0. The van der Waals surface area contributed by atoms with Gasteiger partial charge in [-0.05, 0) is 96.3 Å². The Kier molecular flexibility index (Phi) is 61.3. The van der Waals surface area contributed by atoms with E-state index in [1.54, 1.807) is 0 Å². The Labute approximate surface area is 512 Å². The number of likely N-dealkylation sites (N-methyl/N-ethyl adjacent to an activating group) is 1. The van der Waals surface area contributed by atoms with Gasteiger partial charge in [-0.1, -0.05) is 284 Å². The second kappa shape index (κ2) is 64.2. The highest BCUT2D eigenvalue weighted by Gasteiger charge is 2.25. The third-order valence-electron chi connectivity index (χ3n) is 14.8. The van der Waals surface area contributed by atoms with Crippen molar-refractivity contribution in [3.8, 4) is 0 Å². The van der Waals surface area contributed by atoms with E-state index in [9.17, 15) is 19.5 Å². The van der Waals surface area contributed by atoms with Gasteiger partial charge in [-0.25, -0.2) is 4.79 Å². The van der Waals surface area contributed by atoms with Crippen LogP contribution in [0.3, 0.4) is 0 Å². The van der Waals surface area contributed by atoms with E-state index in [1.165, 1.54) is 173 Å². The van der Waals surface area contributed by atoms with Crippen LogP contribution >= 0.6 is 0 Å². The van der Waals surface area contributed by atoms with Crippen LogP contribution in [-0.4, -0.2) is 87.4 Å². The smallest absolute Gasteiger partial charge is 0.361 e. The summed E-state index contributed by atoms with van der Waals surface area (Å²) in [5, 5.41) is 9.74. The largest absolute Gasteiger partial charge is 0.477 e. The second-order valence-corrected chi connectivity index (χ2v) is 24.1. The number of rotatable bonds is 63. The Balaban J connectivity index is 4.07. The van der Waals surface area contributed by atoms with Gasteiger partial charge in [0.15, 0.2) is 6.10 Å². The van der Waals surface area contributed by atoms with Crippen molar-refractivity contribution in [1.82, 2.24) is 0 Å². The summed E-state index contributed by atoms with van der Waals surface area (Å²) in [5.41, 5.74) is 0. The second-order valence-electron chi connectivity index (χ2n) is 24.1. The predicted octanol–water partition coefficient (Wildman–Crippen LogP) is 21.2. The van der Waals surface area contributed by atoms with Crippen molar-refractivity contribution in [2.75, 3.05) is 47.5 Å². The van der Waals surface area contributed by atoms with Crippen LogP contribution in [0.15, 0.2) is 97.2 Å². The number of hydrogen-bond donors (Lipinski definition) is 1. The molecule has 0 radical (unpaired) electrons. The van der Waals surface area contributed by atoms with Crippen molar-refractivity contribution < 1.29 is 42.9 Å². The number of esters is 2. The molecule has 0 aromatic rings. The number of carbonyl (C=O) groups is 3. The number of unbranched alkanes of at least 4 members (excludes halogenated alkanes) is 32. The summed E-state index contributed by atoms with van der Waals surface area (Å²) in [6.07, 6.45) is 85.2. The van der Waals surface area contributed by atoms with E-state index in [0.29, 0.717) is 11.0 Å². The first-order chi connectivity index (χ1) is 40.6. The van der Waals surface area contributed by atoms with Crippen LogP contribution in [0.25, 0.3) is 0 Å². The van der Waals surface area contributed by atoms with E-state index in [0.717, 1.165) is 96.3 Å². The Bertz CT molecular complexity index is 1680. The number of aliphatic carboxylic acids is 1. The molecule has 83 heavy (non-hydrogen) atoms. The van der Waals surface area contributed by atoms with Gasteiger partial charge in [0.05, 0.1) is 34.4 Å². The molecule has 1 N–H and O–H groups in total. The molecule has 0 saturated heterocycles. The number of nitrogens with zero attached hydrogens (tertiary/aromatic N) is 1. The average molecular weight is 1160 g/mol. The van der Waals surface area contributed by atoms with Gasteiger partial charge < -0.3 is 28.5 Å². The molecule has 0 bridgehead atoms. The maximum atomic E-state index is 12.9. The molecule has 9 nitrogen and oxygen atoms in total. The van der Waals surface area contributed by atoms with E-state index in [-0.39, 0.29) is 38.6 Å². The van der Waals surface area contributed by atoms with Crippen LogP contribution in [-0.2, 0) is 33.3 Å². The normalized spacial score (nSPS) is 13.3. The van der Waals surface area contributed by atoms with Crippen molar-refractivity contribution in [2.24, 2.45) is 0 Å². The van der Waals surface area contributed by atoms with Crippen LogP contribution < -0.4 is 0 Å². The lowest BCUT2D eigenvalue weighted by molar-refractivity contribution is -0.870. The molecule has 0 rings (SSSR count). The number of carboxylic acid groups (broad SMARTS) is 1. The average Bonchev–Trinajstić information content (AvgIpc) is 3.46. The minimum atomic E-state index is -1.52. The fraction of sp³-hybridized carbons (Fsp3) is 0.743. The van der Waals surface area contributed by atoms with Gasteiger partial charge >= 0.3 is 17.9 Å². The molecule has 0 aromatic carbocycles. The molecule has 0 spiro atoms. The molecule has 0 aliphatic carbocycles. The lowest BCUT2D eigenvalue weighted by Crippen LogP contribution is -2.40. The molecule has 478 valence electrons. The highest BCUT2D eigenvalue weighted by atomic mass is 16.7. The summed E-state index contributed by atoms with van der Waals surface area (Å²) in [6, 6.07) is 0. The lowest BCUT2D eigenvalue weighted by atomic mass is 10.0. The predicted molar refractivity (Wildman–Crippen MR) is 355 cm³/mol. The zero-order valence-electron chi connectivity index (χ0n) is 54.6. The Hall–Kier alpha value is -3.79. The van der Waals surface area contributed by atoms with Gasteiger partial charge in [0.2, 0.25) is 0 Å². The van der Waals surface area contributed by atoms with Crippen LogP contribution in [0.1, 0.15) is 296 Å². The monoisotopic (exact) mass is 1160 g/mol. The van der Waals surface area contributed by atoms with Gasteiger partial charge in [-0.15, -0.1) is 0 Å². The summed E-state index contributed by atoms with van der Waals surface area (Å²) < 4.78 is 22.9. The van der Waals surface area contributed by atoms with Crippen LogP contribution in [0.5, 0.6) is 0 Å². The number of carbonyl (C=O) groups excluding carboxylic acids is 2. The standard InChI is InChI=1S/C74H129NO8/c1-6-8-10-12-14-16-18-20-22-24-26-28-29-30-31-32-33-34-35-36-37-38-39-40-41-42-43-45-47-49-51-53-55-57-59-61-63-65-72(77)83-70(69-82-74(73(78)79)80-67-66-75(3,4)5)68-81-71(76)64-62-60-58-56-54-52-50-48-46-44-27-25-23-21-19-17-15-13-11-9-7-2/h8,10,14,16,19-22,25-28,30-31,46,48,70,74H,6-7,9,11-13,15,17-18,23-24,29,32-45,47,49-69H2,1-5H3/p+1/b10-8-,16-14-,21-19-,22-20-,27-25-,28-26-,31-30-,48-46-. The number of hydrogen-bond acceptors (Lipinski definition) is 7. The minimum Gasteiger partial charge on any atom is -0.477 e. The summed E-state index contributed by atoms with van der Waals surface area (Å²) in [6.45, 7) is 4.76.